The van der Waals surface area contributed by atoms with Crippen molar-refractivity contribution in [2.75, 3.05) is 0 Å². The molecule has 0 saturated heterocycles. The van der Waals surface area contributed by atoms with Crippen molar-refractivity contribution in [2.24, 2.45) is 28.2 Å². The second-order valence-electron chi connectivity index (χ2n) is 28.9. The fourth-order valence-corrected chi connectivity index (χ4v) is 15.0. The van der Waals surface area contributed by atoms with Crippen molar-refractivity contribution in [2.45, 2.75) is 102 Å². The molecule has 0 amide bonds. The first kappa shape index (κ1) is 71.1. The number of benzene rings is 8. The van der Waals surface area contributed by atoms with Crippen LogP contribution in [-0.4, -0.2) is 18.7 Å². The number of hydrogen-bond donors (Lipinski definition) is 0. The molecule has 0 unspecified atom stereocenters. The van der Waals surface area contributed by atoms with Crippen molar-refractivity contribution in [3.05, 3.63) is 341 Å². The minimum absolute atomic E-state index is 0.0611. The zero-order valence-corrected chi connectivity index (χ0v) is 64.1. The highest BCUT2D eigenvalue weighted by Gasteiger charge is 2.31. The number of pyridine rings is 4. The molecule has 0 N–H and O–H groups in total. The smallest absolute Gasteiger partial charge is 0.238 e. The van der Waals surface area contributed by atoms with Gasteiger partial charge in [-0.25, -0.2) is 4.85 Å². The molecule has 105 heavy (non-hydrogen) atoms. The molecule has 16 aromatic rings. The number of nitrogens with zero attached hydrogens (tertiary/aromatic N) is 13. The maximum atomic E-state index is 7.55. The molecule has 8 heterocycles. The van der Waals surface area contributed by atoms with Crippen molar-refractivity contribution in [1.29, 1.82) is 0 Å². The summed E-state index contributed by atoms with van der Waals surface area (Å²) in [5.41, 5.74) is 29.9. The topological polar surface area (TPSA) is 55.1 Å². The highest BCUT2D eigenvalue weighted by Crippen LogP contribution is 2.32. The molecule has 0 spiro atoms. The Hall–Kier alpha value is -12.3. The third-order valence-electron chi connectivity index (χ3n) is 20.8. The predicted molar refractivity (Wildman–Crippen MR) is 421 cm³/mol. The average Bonchev–Trinajstić information content (AvgIpc) is 1.70. The van der Waals surface area contributed by atoms with E-state index < -0.39 is 0 Å². The van der Waals surface area contributed by atoms with Crippen LogP contribution in [0.4, 0.5) is 5.69 Å². The molecule has 0 aliphatic carbocycles. The SMILES string of the molecule is Cc1c(-n2cc3ccccc3[n+]2C)cc(C(C)(C)C)cc1-[n+]1ccccc1C.Cc1cc(-n2cc3ccccc3[n+]2C)c(C)c(-[n+]2ccccc2C)c1.Cc1cc(C)c(-[n+]2cc3ccccc3n2C)c(C)c1-[n+]1ccccc1C.[C-]#[N+]c1cc(-n2cc3ccccc3[n+]2C)c(C)c(-[n+]2ccccc2C)c1. The molecule has 8 aromatic carbocycles. The Labute approximate surface area is 618 Å². The highest BCUT2D eigenvalue weighted by molar-refractivity contribution is 5.79. The van der Waals surface area contributed by atoms with E-state index in [0.717, 1.165) is 28.1 Å². The van der Waals surface area contributed by atoms with E-state index in [1.807, 2.05) is 49.6 Å². The van der Waals surface area contributed by atoms with Crippen molar-refractivity contribution in [3.8, 4) is 45.5 Å². The number of aromatic nitrogens is 12. The summed E-state index contributed by atoms with van der Waals surface area (Å²) in [6.07, 6.45) is 17.3. The normalized spacial score (nSPS) is 11.3. The van der Waals surface area contributed by atoms with Crippen molar-refractivity contribution in [1.82, 2.24) is 18.7 Å². The standard InChI is InChI=1S/C25H29N3.C23H25N3.C22H20N4.C22H23N3/c1-18-11-9-10-14-27(18)23-15-21(25(3,4)5)16-24(19(23)2)28-17-20-12-7-8-13-22(20)26(28)6;1-16-14-17(2)23(19(4)22(16)25-13-9-8-10-18(25)3)26-15-20-11-6-7-12-21(20)24(26)5;1-16-9-7-8-12-25(16)21-13-19(23-3)14-22(17(21)2)26-15-18-10-5-6-11-20(18)24(26)4;1-16-13-21(24-12-8-7-9-17(24)2)18(3)22(14-16)25-15-19-10-5-6-11-20(19)23(25)4/h7-17H,1-6H3;6-15H,1-5H3;5-15H,1-2,4H3;5-15H,1-4H3/q4*+2. The number of rotatable bonds is 8. The fourth-order valence-electron chi connectivity index (χ4n) is 15.0. The van der Waals surface area contributed by atoms with Crippen LogP contribution >= 0.6 is 0 Å². The summed E-state index contributed by atoms with van der Waals surface area (Å²) < 4.78 is 26.7. The van der Waals surface area contributed by atoms with Gasteiger partial charge in [-0.2, -0.15) is 23.0 Å². The zero-order chi connectivity index (χ0) is 74.3. The third kappa shape index (κ3) is 13.8. The molecule has 13 nitrogen and oxygen atoms in total. The van der Waals surface area contributed by atoms with Crippen molar-refractivity contribution < 1.29 is 37.0 Å². The minimum Gasteiger partial charge on any atom is -0.238 e. The second kappa shape index (κ2) is 29.2. The average molecular weight is 1380 g/mol. The van der Waals surface area contributed by atoms with E-state index in [-0.39, 0.29) is 5.41 Å². The minimum atomic E-state index is 0.0611. The number of aryl methyl sites for hydroxylation is 11. The molecule has 13 heteroatoms. The fraction of sp³-hybridized carbons (Fsp3) is 0.207. The van der Waals surface area contributed by atoms with Gasteiger partial charge in [0.05, 0.1) is 70.4 Å². The molecule has 0 radical (unpaired) electrons. The Morgan fingerprint density at radius 2 is 0.733 bits per heavy atom. The lowest BCUT2D eigenvalue weighted by Gasteiger charge is -2.21. The van der Waals surface area contributed by atoms with E-state index in [2.05, 4.69) is 398 Å². The van der Waals surface area contributed by atoms with Crippen LogP contribution in [0.5, 0.6) is 0 Å². The van der Waals surface area contributed by atoms with Gasteiger partial charge in [-0.05, 0) is 120 Å². The molecule has 16 rings (SSSR count). The van der Waals surface area contributed by atoms with Crippen LogP contribution in [0.2, 0.25) is 0 Å². The second-order valence-corrected chi connectivity index (χ2v) is 28.9. The van der Waals surface area contributed by atoms with Gasteiger partial charge in [-0.3, -0.25) is 0 Å². The van der Waals surface area contributed by atoms with Crippen LogP contribution < -0.4 is 37.0 Å². The molecule has 0 fully saturated rings. The quantitative estimate of drug-likeness (QED) is 0.108. The maximum absolute atomic E-state index is 7.55. The van der Waals surface area contributed by atoms with E-state index in [1.165, 1.54) is 128 Å². The van der Waals surface area contributed by atoms with Crippen molar-refractivity contribution in [3.63, 3.8) is 0 Å². The first-order valence-corrected chi connectivity index (χ1v) is 36.1. The van der Waals surface area contributed by atoms with Crippen LogP contribution in [0.1, 0.15) is 88.1 Å². The summed E-state index contributed by atoms with van der Waals surface area (Å²) >= 11 is 0. The van der Waals surface area contributed by atoms with E-state index in [1.54, 1.807) is 0 Å². The third-order valence-corrected chi connectivity index (χ3v) is 20.8. The lowest BCUT2D eigenvalue weighted by atomic mass is 9.85. The first-order chi connectivity index (χ1) is 50.4. The van der Waals surface area contributed by atoms with Gasteiger partial charge >= 0.3 is 0 Å². The summed E-state index contributed by atoms with van der Waals surface area (Å²) in [6, 6.07) is 74.4. The molecule has 8 aromatic heterocycles. The summed E-state index contributed by atoms with van der Waals surface area (Å²) in [4.78, 5) is 3.71. The molecule has 0 bridgehead atoms. The molecular weight excluding hydrogens is 1290 g/mol. The Balaban J connectivity index is 0.000000124. The van der Waals surface area contributed by atoms with Crippen LogP contribution in [0, 0.1) is 82.7 Å². The first-order valence-electron chi connectivity index (χ1n) is 36.1. The van der Waals surface area contributed by atoms with Crippen LogP contribution in [0.3, 0.4) is 0 Å². The molecule has 0 aliphatic rings. The van der Waals surface area contributed by atoms with Gasteiger partial charge in [0, 0.05) is 129 Å². The van der Waals surface area contributed by atoms with Gasteiger partial charge in [0.25, 0.3) is 0 Å². The molecule has 0 atom stereocenters. The lowest BCUT2D eigenvalue weighted by Crippen LogP contribution is -2.42. The van der Waals surface area contributed by atoms with E-state index in [9.17, 15) is 0 Å². The van der Waals surface area contributed by atoms with Gasteiger partial charge in [-0.15, -0.1) is 28.1 Å². The largest absolute Gasteiger partial charge is 0.248 e. The van der Waals surface area contributed by atoms with Crippen LogP contribution in [0.25, 0.3) is 94.0 Å². The lowest BCUT2D eigenvalue weighted by molar-refractivity contribution is -0.721. The van der Waals surface area contributed by atoms with Gasteiger partial charge in [0.15, 0.2) is 74.4 Å². The molecular formula is C92H97N13+8. The Kier molecular flexibility index (Phi) is 19.8. The zero-order valence-electron chi connectivity index (χ0n) is 64.1. The Bertz CT molecular complexity index is 6060. The molecule has 522 valence electrons. The monoisotopic (exact) mass is 1380 g/mol. The van der Waals surface area contributed by atoms with E-state index in [4.69, 9.17) is 6.57 Å². The van der Waals surface area contributed by atoms with Gasteiger partial charge in [0.1, 0.15) is 22.6 Å². The van der Waals surface area contributed by atoms with Crippen LogP contribution in [0.15, 0.2) is 262 Å². The number of hydrogen-bond acceptors (Lipinski definition) is 0. The Morgan fingerprint density at radius 1 is 0.362 bits per heavy atom. The Morgan fingerprint density at radius 3 is 1.15 bits per heavy atom. The summed E-state index contributed by atoms with van der Waals surface area (Å²) in [5.74, 6) is 0. The summed E-state index contributed by atoms with van der Waals surface area (Å²) in [7, 11) is 8.42. The summed E-state index contributed by atoms with van der Waals surface area (Å²) in [5, 5.41) is 4.92. The summed E-state index contributed by atoms with van der Waals surface area (Å²) in [6.45, 7) is 38.2. The predicted octanol–water partition coefficient (Wildman–Crippen LogP) is 16.2. The van der Waals surface area contributed by atoms with Crippen LogP contribution in [-0.2, 0) is 33.6 Å². The number of fused-ring (bicyclic) bond motifs is 4. The maximum Gasteiger partial charge on any atom is 0.248 e. The van der Waals surface area contributed by atoms with E-state index in [0.29, 0.717) is 5.69 Å². The molecule has 0 saturated carbocycles. The molecule has 0 aliphatic heterocycles. The van der Waals surface area contributed by atoms with E-state index >= 15 is 0 Å². The van der Waals surface area contributed by atoms with Gasteiger partial charge in [-0.1, -0.05) is 98.2 Å². The highest BCUT2D eigenvalue weighted by atomic mass is 15.4. The van der Waals surface area contributed by atoms with Gasteiger partial charge in [0.2, 0.25) is 51.2 Å². The number of para-hydroxylation sites is 4. The van der Waals surface area contributed by atoms with Crippen molar-refractivity contribution >= 4 is 49.3 Å². The van der Waals surface area contributed by atoms with Gasteiger partial charge < -0.3 is 0 Å².